The lowest BCUT2D eigenvalue weighted by Gasteiger charge is -2.37. The number of fused-ring (bicyclic) bond motifs is 1. The van der Waals surface area contributed by atoms with Gasteiger partial charge in [0.2, 0.25) is 0 Å². The molecule has 198 valence electrons. The molecule has 2 saturated heterocycles. The fourth-order valence-electron chi connectivity index (χ4n) is 5.50. The minimum atomic E-state index is -0.256. The summed E-state index contributed by atoms with van der Waals surface area (Å²) in [7, 11) is 0. The van der Waals surface area contributed by atoms with Crippen LogP contribution in [0.3, 0.4) is 0 Å². The summed E-state index contributed by atoms with van der Waals surface area (Å²) in [4.78, 5) is 18.3. The van der Waals surface area contributed by atoms with Crippen LogP contribution in [0.1, 0.15) is 18.4 Å². The van der Waals surface area contributed by atoms with Crippen molar-refractivity contribution in [1.82, 2.24) is 18.1 Å². The molecule has 10 heteroatoms. The maximum Gasteiger partial charge on any atom is 0.144 e. The highest BCUT2D eigenvalue weighted by molar-refractivity contribution is 14.1. The minimum Gasteiger partial charge on any atom is -0.370 e. The Bertz CT molecular complexity index is 1460. The van der Waals surface area contributed by atoms with Gasteiger partial charge in [-0.05, 0) is 61.2 Å². The van der Waals surface area contributed by atoms with E-state index in [1.54, 1.807) is 12.1 Å². The van der Waals surface area contributed by atoms with E-state index in [1.807, 2.05) is 37.4 Å². The summed E-state index contributed by atoms with van der Waals surface area (Å²) in [6.45, 7) is 7.14. The summed E-state index contributed by atoms with van der Waals surface area (Å²) in [5.74, 6) is 1.37. The summed E-state index contributed by atoms with van der Waals surface area (Å²) < 4.78 is 17.0. The molecule has 0 spiro atoms. The van der Waals surface area contributed by atoms with Gasteiger partial charge in [0.05, 0.1) is 22.3 Å². The van der Waals surface area contributed by atoms with Gasteiger partial charge in [-0.25, -0.2) is 17.5 Å². The molecule has 4 aromatic rings. The van der Waals surface area contributed by atoms with E-state index in [2.05, 4.69) is 40.8 Å². The molecule has 4 heterocycles. The number of aromatic amines is 1. The predicted octanol–water partition coefficient (Wildman–Crippen LogP) is 5.79. The molecule has 2 aromatic heterocycles. The molecule has 2 aromatic carbocycles. The lowest BCUT2D eigenvalue weighted by molar-refractivity contribution is 0.458. The van der Waals surface area contributed by atoms with Crippen molar-refractivity contribution in [2.45, 2.75) is 25.8 Å². The van der Waals surface area contributed by atoms with Crippen molar-refractivity contribution in [3.63, 3.8) is 0 Å². The van der Waals surface area contributed by atoms with Crippen LogP contribution in [0.2, 0.25) is 5.02 Å². The fourth-order valence-corrected chi connectivity index (χ4v) is 6.10. The maximum absolute atomic E-state index is 14.7. The van der Waals surface area contributed by atoms with Crippen LogP contribution in [0.5, 0.6) is 0 Å². The molecule has 2 aliphatic heterocycles. The lowest BCUT2D eigenvalue weighted by atomic mass is 9.96. The molecule has 0 unspecified atom stereocenters. The molecule has 6 rings (SSSR count). The quantitative estimate of drug-likeness (QED) is 0.216. The number of rotatable bonds is 4. The van der Waals surface area contributed by atoms with E-state index in [0.717, 1.165) is 103 Å². The number of aromatic nitrogens is 3. The third kappa shape index (κ3) is 5.09. The monoisotopic (exact) mass is 645 g/mol. The standard InChI is InChI=1S/C28H30ClFIN7/c1-17-12-18(14-20(30)13-17)22-16-33-28(37-8-10-38(31)11-9-37)25(26(22)36-6-4-21(32)5-7-36)27-34-23-3-2-19(29)15-24(23)35-27/h2-3,12-16,21H,4-11,32H2,1H3,(H,34,35). The number of nitrogens with one attached hydrogen (secondary N) is 1. The molecule has 2 aliphatic rings. The number of piperidine rings is 1. The number of H-pyrrole nitrogens is 1. The first-order valence-electron chi connectivity index (χ1n) is 13.0. The van der Waals surface area contributed by atoms with Crippen LogP contribution in [0, 0.1) is 12.7 Å². The van der Waals surface area contributed by atoms with E-state index in [0.29, 0.717) is 5.02 Å². The van der Waals surface area contributed by atoms with Crippen LogP contribution in [-0.4, -0.2) is 63.4 Å². The van der Waals surface area contributed by atoms with E-state index in [9.17, 15) is 4.39 Å². The molecule has 0 atom stereocenters. The highest BCUT2D eigenvalue weighted by Gasteiger charge is 2.30. The van der Waals surface area contributed by atoms with Crippen LogP contribution in [0.25, 0.3) is 33.5 Å². The highest BCUT2D eigenvalue weighted by atomic mass is 127. The fraction of sp³-hybridized carbons (Fsp3) is 0.357. The Morgan fingerprint density at radius 1 is 1.03 bits per heavy atom. The summed E-state index contributed by atoms with van der Waals surface area (Å²) in [5.41, 5.74) is 12.5. The predicted molar refractivity (Wildman–Crippen MR) is 162 cm³/mol. The van der Waals surface area contributed by atoms with Gasteiger partial charge in [-0.3, -0.25) is 0 Å². The van der Waals surface area contributed by atoms with Crippen molar-refractivity contribution in [2.75, 3.05) is 49.1 Å². The largest absolute Gasteiger partial charge is 0.370 e. The number of imidazole rings is 1. The Hall–Kier alpha value is -2.47. The van der Waals surface area contributed by atoms with Gasteiger partial charge >= 0.3 is 0 Å². The van der Waals surface area contributed by atoms with Crippen molar-refractivity contribution in [3.05, 3.63) is 59.0 Å². The smallest absolute Gasteiger partial charge is 0.144 e. The number of halogens is 3. The second kappa shape index (κ2) is 10.6. The lowest BCUT2D eigenvalue weighted by Crippen LogP contribution is -2.43. The molecule has 3 N–H and O–H groups in total. The Labute approximate surface area is 240 Å². The normalized spacial score (nSPS) is 17.5. The summed E-state index contributed by atoms with van der Waals surface area (Å²) >= 11 is 8.69. The van der Waals surface area contributed by atoms with Gasteiger partial charge in [0.25, 0.3) is 0 Å². The highest BCUT2D eigenvalue weighted by Crippen LogP contribution is 2.45. The number of anilines is 2. The van der Waals surface area contributed by atoms with Gasteiger partial charge in [0.1, 0.15) is 17.5 Å². The second-order valence-electron chi connectivity index (χ2n) is 10.2. The maximum atomic E-state index is 14.7. The Balaban J connectivity index is 1.62. The molecule has 0 aliphatic carbocycles. The van der Waals surface area contributed by atoms with Crippen molar-refractivity contribution in [1.29, 1.82) is 0 Å². The molecular weight excluding hydrogens is 616 g/mol. The van der Waals surface area contributed by atoms with Gasteiger partial charge < -0.3 is 20.5 Å². The average Bonchev–Trinajstić information content (AvgIpc) is 3.31. The van der Waals surface area contributed by atoms with Gasteiger partial charge in [-0.1, -0.05) is 17.7 Å². The van der Waals surface area contributed by atoms with E-state index >= 15 is 0 Å². The zero-order chi connectivity index (χ0) is 26.4. The SMILES string of the molecule is Cc1cc(F)cc(-c2cnc(N3CCN(I)CC3)c(-c3nc4ccc(Cl)cc4[nH]3)c2N2CCC(N)CC2)c1. The number of piperazine rings is 1. The van der Waals surface area contributed by atoms with Crippen LogP contribution < -0.4 is 15.5 Å². The number of nitrogens with two attached hydrogens (primary N) is 1. The van der Waals surface area contributed by atoms with E-state index in [4.69, 9.17) is 27.3 Å². The second-order valence-corrected chi connectivity index (χ2v) is 12.0. The van der Waals surface area contributed by atoms with Crippen LogP contribution in [-0.2, 0) is 0 Å². The number of hydrogen-bond acceptors (Lipinski definition) is 6. The van der Waals surface area contributed by atoms with Crippen molar-refractivity contribution < 1.29 is 4.39 Å². The Morgan fingerprint density at radius 3 is 2.53 bits per heavy atom. The zero-order valence-corrected chi connectivity index (χ0v) is 24.1. The number of pyridine rings is 1. The first-order chi connectivity index (χ1) is 18.4. The Kier molecular flexibility index (Phi) is 7.19. The summed E-state index contributed by atoms with van der Waals surface area (Å²) in [5, 5.41) is 0.651. The molecule has 0 bridgehead atoms. The average molecular weight is 646 g/mol. The van der Waals surface area contributed by atoms with E-state index < -0.39 is 0 Å². The van der Waals surface area contributed by atoms with Gasteiger partial charge in [-0.2, -0.15) is 0 Å². The zero-order valence-electron chi connectivity index (χ0n) is 21.2. The van der Waals surface area contributed by atoms with Crippen molar-refractivity contribution in [3.8, 4) is 22.5 Å². The molecule has 7 nitrogen and oxygen atoms in total. The first-order valence-corrected chi connectivity index (χ1v) is 14.3. The number of nitrogens with zero attached hydrogens (tertiary/aromatic N) is 5. The molecular formula is C28H30ClFIN7. The van der Waals surface area contributed by atoms with E-state index in [-0.39, 0.29) is 11.9 Å². The van der Waals surface area contributed by atoms with Gasteiger partial charge in [0, 0.05) is 85.0 Å². The molecule has 2 fully saturated rings. The Morgan fingerprint density at radius 2 is 1.79 bits per heavy atom. The van der Waals surface area contributed by atoms with Gasteiger partial charge in [0.15, 0.2) is 0 Å². The van der Waals surface area contributed by atoms with Crippen molar-refractivity contribution >= 4 is 57.0 Å². The minimum absolute atomic E-state index is 0.181. The topological polar surface area (TPSA) is 77.3 Å². The third-order valence-electron chi connectivity index (χ3n) is 7.45. The van der Waals surface area contributed by atoms with Crippen molar-refractivity contribution in [2.24, 2.45) is 5.73 Å². The summed E-state index contributed by atoms with van der Waals surface area (Å²) in [6.07, 6.45) is 3.69. The number of aryl methyl sites for hydroxylation is 1. The van der Waals surface area contributed by atoms with Crippen LogP contribution >= 0.6 is 34.5 Å². The van der Waals surface area contributed by atoms with Gasteiger partial charge in [-0.15, -0.1) is 0 Å². The molecule has 0 radical (unpaired) electrons. The number of hydrogen-bond donors (Lipinski definition) is 2. The summed E-state index contributed by atoms with van der Waals surface area (Å²) in [6, 6.07) is 11.0. The van der Waals surface area contributed by atoms with Crippen LogP contribution in [0.15, 0.2) is 42.6 Å². The number of benzene rings is 2. The molecule has 0 amide bonds. The van der Waals surface area contributed by atoms with Crippen LogP contribution in [0.4, 0.5) is 15.9 Å². The first kappa shape index (κ1) is 25.8. The van der Waals surface area contributed by atoms with E-state index in [1.165, 1.54) is 0 Å². The molecule has 38 heavy (non-hydrogen) atoms. The third-order valence-corrected chi connectivity index (χ3v) is 8.65. The molecule has 0 saturated carbocycles.